The Hall–Kier alpha value is -3.09. The van der Waals surface area contributed by atoms with Crippen LogP contribution >= 0.6 is 0 Å². The standard InChI is InChI=1S/C20H18F3N3O/c1-13(14-6-4-3-5-7-14)24-19-25-17(12-18(26-19)20(21,22)23)15-8-10-16(27-2)11-9-15/h3-13H,1-2H3,(H,24,25,26)/t13-/m0/s1. The highest BCUT2D eigenvalue weighted by molar-refractivity contribution is 5.62. The summed E-state index contributed by atoms with van der Waals surface area (Å²) in [6, 6.07) is 16.7. The van der Waals surface area contributed by atoms with E-state index in [0.717, 1.165) is 11.6 Å². The number of methoxy groups -OCH3 is 1. The van der Waals surface area contributed by atoms with Crippen LogP contribution in [-0.4, -0.2) is 17.1 Å². The molecule has 4 nitrogen and oxygen atoms in total. The predicted molar refractivity (Wildman–Crippen MR) is 97.5 cm³/mol. The molecular weight excluding hydrogens is 355 g/mol. The molecule has 0 radical (unpaired) electrons. The third-order valence-electron chi connectivity index (χ3n) is 4.05. The first-order valence-electron chi connectivity index (χ1n) is 8.29. The highest BCUT2D eigenvalue weighted by atomic mass is 19.4. The van der Waals surface area contributed by atoms with Crippen LogP contribution in [0.3, 0.4) is 0 Å². The fourth-order valence-electron chi connectivity index (χ4n) is 2.59. The van der Waals surface area contributed by atoms with Crippen LogP contribution < -0.4 is 10.1 Å². The minimum absolute atomic E-state index is 0.0769. The fourth-order valence-corrected chi connectivity index (χ4v) is 2.59. The molecule has 0 unspecified atom stereocenters. The molecule has 7 heteroatoms. The largest absolute Gasteiger partial charge is 0.497 e. The summed E-state index contributed by atoms with van der Waals surface area (Å²) in [5, 5.41) is 2.96. The summed E-state index contributed by atoms with van der Waals surface area (Å²) in [6.07, 6.45) is -4.57. The Balaban J connectivity index is 1.97. The van der Waals surface area contributed by atoms with E-state index in [4.69, 9.17) is 4.74 Å². The van der Waals surface area contributed by atoms with Crippen LogP contribution in [0, 0.1) is 0 Å². The second kappa shape index (κ2) is 7.65. The Labute approximate surface area is 155 Å². The van der Waals surface area contributed by atoms with Gasteiger partial charge in [0, 0.05) is 5.56 Å². The van der Waals surface area contributed by atoms with Gasteiger partial charge in [-0.15, -0.1) is 0 Å². The van der Waals surface area contributed by atoms with Crippen molar-refractivity contribution in [3.05, 3.63) is 71.9 Å². The molecule has 0 saturated heterocycles. The number of nitrogens with one attached hydrogen (secondary N) is 1. The van der Waals surface area contributed by atoms with E-state index in [1.54, 1.807) is 24.3 Å². The van der Waals surface area contributed by atoms with Crippen molar-refractivity contribution in [3.63, 3.8) is 0 Å². The molecule has 0 fully saturated rings. The van der Waals surface area contributed by atoms with Gasteiger partial charge in [0.2, 0.25) is 5.95 Å². The summed E-state index contributed by atoms with van der Waals surface area (Å²) in [6.45, 7) is 1.84. The number of aromatic nitrogens is 2. The van der Waals surface area contributed by atoms with Crippen LogP contribution in [0.2, 0.25) is 0 Å². The van der Waals surface area contributed by atoms with Gasteiger partial charge < -0.3 is 10.1 Å². The molecule has 0 aliphatic carbocycles. The van der Waals surface area contributed by atoms with Crippen LogP contribution in [0.1, 0.15) is 24.2 Å². The van der Waals surface area contributed by atoms with E-state index in [0.29, 0.717) is 11.3 Å². The molecule has 0 aliphatic heterocycles. The van der Waals surface area contributed by atoms with Gasteiger partial charge in [-0.25, -0.2) is 9.97 Å². The number of rotatable bonds is 5. The number of hydrogen-bond acceptors (Lipinski definition) is 4. The third-order valence-corrected chi connectivity index (χ3v) is 4.05. The Bertz CT molecular complexity index is 897. The lowest BCUT2D eigenvalue weighted by molar-refractivity contribution is -0.141. The Morgan fingerprint density at radius 3 is 2.22 bits per heavy atom. The molecule has 3 rings (SSSR count). The molecule has 1 aromatic heterocycles. The smallest absolute Gasteiger partial charge is 0.433 e. The number of alkyl halides is 3. The molecule has 1 heterocycles. The van der Waals surface area contributed by atoms with E-state index in [2.05, 4.69) is 15.3 Å². The van der Waals surface area contributed by atoms with E-state index in [-0.39, 0.29) is 17.7 Å². The number of benzene rings is 2. The summed E-state index contributed by atoms with van der Waals surface area (Å²) in [4.78, 5) is 7.93. The quantitative estimate of drug-likeness (QED) is 0.655. The van der Waals surface area contributed by atoms with Crippen LogP contribution in [0.5, 0.6) is 5.75 Å². The third kappa shape index (κ3) is 4.55. The first-order valence-corrected chi connectivity index (χ1v) is 8.29. The molecule has 1 atom stereocenters. The topological polar surface area (TPSA) is 47.0 Å². The summed E-state index contributed by atoms with van der Waals surface area (Å²) in [5.74, 6) is 0.534. The van der Waals surface area contributed by atoms with Gasteiger partial charge in [0.1, 0.15) is 5.75 Å². The Morgan fingerprint density at radius 1 is 0.963 bits per heavy atom. The summed E-state index contributed by atoms with van der Waals surface area (Å²) < 4.78 is 45.0. The van der Waals surface area contributed by atoms with Gasteiger partial charge >= 0.3 is 6.18 Å². The second-order valence-corrected chi connectivity index (χ2v) is 5.97. The fraction of sp³-hybridized carbons (Fsp3) is 0.200. The molecule has 27 heavy (non-hydrogen) atoms. The second-order valence-electron chi connectivity index (χ2n) is 5.97. The number of halogens is 3. The van der Waals surface area contributed by atoms with Gasteiger partial charge in [0.15, 0.2) is 5.69 Å². The van der Waals surface area contributed by atoms with E-state index >= 15 is 0 Å². The molecule has 0 saturated carbocycles. The van der Waals surface area contributed by atoms with Crippen molar-refractivity contribution in [2.45, 2.75) is 19.1 Å². The summed E-state index contributed by atoms with van der Waals surface area (Å²) >= 11 is 0. The van der Waals surface area contributed by atoms with Crippen LogP contribution in [0.25, 0.3) is 11.3 Å². The maximum Gasteiger partial charge on any atom is 0.433 e. The van der Waals surface area contributed by atoms with Crippen molar-refractivity contribution in [1.82, 2.24) is 9.97 Å². The van der Waals surface area contributed by atoms with Crippen LogP contribution in [-0.2, 0) is 6.18 Å². The van der Waals surface area contributed by atoms with Gasteiger partial charge in [-0.2, -0.15) is 13.2 Å². The van der Waals surface area contributed by atoms with Crippen LogP contribution in [0.15, 0.2) is 60.7 Å². The zero-order valence-corrected chi connectivity index (χ0v) is 14.8. The van der Waals surface area contributed by atoms with Gasteiger partial charge in [-0.3, -0.25) is 0 Å². The maximum atomic E-state index is 13.3. The number of nitrogens with zero attached hydrogens (tertiary/aromatic N) is 2. The lowest BCUT2D eigenvalue weighted by Gasteiger charge is -2.16. The first-order chi connectivity index (χ1) is 12.9. The average molecular weight is 373 g/mol. The first kappa shape index (κ1) is 18.7. The predicted octanol–water partition coefficient (Wildman–Crippen LogP) is 5.34. The number of ether oxygens (including phenoxy) is 1. The summed E-state index contributed by atoms with van der Waals surface area (Å²) in [7, 11) is 1.52. The van der Waals surface area contributed by atoms with Gasteiger partial charge in [-0.05, 0) is 42.8 Å². The van der Waals surface area contributed by atoms with E-state index in [9.17, 15) is 13.2 Å². The molecule has 1 N–H and O–H groups in total. The molecular formula is C20H18F3N3O. The lowest BCUT2D eigenvalue weighted by Crippen LogP contribution is -2.14. The Morgan fingerprint density at radius 2 is 1.63 bits per heavy atom. The van der Waals surface area contributed by atoms with Crippen molar-refractivity contribution >= 4 is 5.95 Å². The number of hydrogen-bond donors (Lipinski definition) is 1. The normalized spacial score (nSPS) is 12.5. The zero-order chi connectivity index (χ0) is 19.4. The Kier molecular flexibility index (Phi) is 5.30. The lowest BCUT2D eigenvalue weighted by atomic mass is 10.1. The minimum Gasteiger partial charge on any atom is -0.497 e. The SMILES string of the molecule is COc1ccc(-c2cc(C(F)(F)F)nc(N[C@@H](C)c3ccccc3)n2)cc1. The van der Waals surface area contributed by atoms with Crippen LogP contribution in [0.4, 0.5) is 19.1 Å². The summed E-state index contributed by atoms with van der Waals surface area (Å²) in [5.41, 5.74) is 0.650. The minimum atomic E-state index is -4.57. The highest BCUT2D eigenvalue weighted by Crippen LogP contribution is 2.32. The monoisotopic (exact) mass is 373 g/mol. The highest BCUT2D eigenvalue weighted by Gasteiger charge is 2.34. The molecule has 0 amide bonds. The molecule has 0 bridgehead atoms. The van der Waals surface area contributed by atoms with Gasteiger partial charge in [0.05, 0.1) is 18.8 Å². The average Bonchev–Trinajstić information content (AvgIpc) is 2.68. The maximum absolute atomic E-state index is 13.3. The van der Waals surface area contributed by atoms with Crippen molar-refractivity contribution in [1.29, 1.82) is 0 Å². The van der Waals surface area contributed by atoms with E-state index in [1.165, 1.54) is 7.11 Å². The van der Waals surface area contributed by atoms with Crippen molar-refractivity contribution in [3.8, 4) is 17.0 Å². The zero-order valence-electron chi connectivity index (χ0n) is 14.8. The number of anilines is 1. The molecule has 0 spiro atoms. The van der Waals surface area contributed by atoms with Crippen molar-refractivity contribution in [2.75, 3.05) is 12.4 Å². The molecule has 2 aromatic carbocycles. The molecule has 0 aliphatic rings. The van der Waals surface area contributed by atoms with Gasteiger partial charge in [0.25, 0.3) is 0 Å². The molecule has 3 aromatic rings. The van der Waals surface area contributed by atoms with E-state index < -0.39 is 11.9 Å². The van der Waals surface area contributed by atoms with E-state index in [1.807, 2.05) is 37.3 Å². The molecule has 140 valence electrons. The van der Waals surface area contributed by atoms with Crippen molar-refractivity contribution < 1.29 is 17.9 Å². The van der Waals surface area contributed by atoms with Gasteiger partial charge in [-0.1, -0.05) is 30.3 Å². The van der Waals surface area contributed by atoms with Crippen molar-refractivity contribution in [2.24, 2.45) is 0 Å².